The number of Topliss-reactive ketones (excluding diaryl/α,β-unsaturated/α-hetero) is 1. The lowest BCUT2D eigenvalue weighted by molar-refractivity contribution is 0.0514. The highest BCUT2D eigenvalue weighted by Crippen LogP contribution is 2.37. The number of nitrogens with zero attached hydrogens (tertiary/aromatic N) is 6. The molecule has 8 rings (SSSR count). The van der Waals surface area contributed by atoms with Crippen molar-refractivity contribution in [3.8, 4) is 22.8 Å². The number of nitrogens with one attached hydrogen (secondary N) is 3. The smallest absolute Gasteiger partial charge is 0.340 e. The number of carbonyl (C=O) groups is 4. The quantitative estimate of drug-likeness (QED) is 0.0450. The Kier molecular flexibility index (Phi) is 14.6. The average molecular weight is 880 g/mol. The van der Waals surface area contributed by atoms with Crippen molar-refractivity contribution in [2.24, 2.45) is 0 Å². The second-order valence-corrected chi connectivity index (χ2v) is 16.5. The van der Waals surface area contributed by atoms with Gasteiger partial charge in [-0.1, -0.05) is 11.8 Å². The van der Waals surface area contributed by atoms with Crippen molar-refractivity contribution in [2.45, 2.75) is 85.2 Å². The molecule has 0 unspecified atom stereocenters. The van der Waals surface area contributed by atoms with Crippen molar-refractivity contribution < 1.29 is 33.4 Å². The fraction of sp³-hybridized carbons (Fsp3) is 0.435. The fourth-order valence-electron chi connectivity index (χ4n) is 8.21. The number of H-pyrrole nitrogens is 3. The highest BCUT2D eigenvalue weighted by Gasteiger charge is 2.32. The van der Waals surface area contributed by atoms with E-state index in [2.05, 4.69) is 34.9 Å². The maximum Gasteiger partial charge on any atom is 0.340 e. The molecule has 16 nitrogen and oxygen atoms in total. The third-order valence-corrected chi connectivity index (χ3v) is 11.5. The molecule has 3 aliphatic carbocycles. The topological polar surface area (TPSA) is 201 Å². The van der Waals surface area contributed by atoms with Crippen molar-refractivity contribution in [3.63, 3.8) is 0 Å². The summed E-state index contributed by atoms with van der Waals surface area (Å²) >= 11 is 1.51. The Balaban J connectivity index is 0.000000158. The first-order valence-electron chi connectivity index (χ1n) is 21.1. The van der Waals surface area contributed by atoms with Crippen LogP contribution >= 0.6 is 11.8 Å². The molecule has 0 aliphatic heterocycles. The molecule has 0 amide bonds. The summed E-state index contributed by atoms with van der Waals surface area (Å²) in [5, 5.41) is 0.742. The van der Waals surface area contributed by atoms with Gasteiger partial charge in [-0.2, -0.15) is 0 Å². The van der Waals surface area contributed by atoms with Gasteiger partial charge in [-0.05, 0) is 114 Å². The lowest BCUT2D eigenvalue weighted by atomic mass is 9.90. The van der Waals surface area contributed by atoms with Crippen LogP contribution in [0.4, 0.5) is 5.95 Å². The van der Waals surface area contributed by atoms with Gasteiger partial charge >= 0.3 is 17.9 Å². The molecular weight excluding hydrogens is 823 g/mol. The largest absolute Gasteiger partial charge is 0.462 e. The van der Waals surface area contributed by atoms with E-state index in [9.17, 15) is 19.2 Å². The second kappa shape index (κ2) is 19.9. The number of aromatic amines is 3. The fourth-order valence-corrected chi connectivity index (χ4v) is 8.55. The normalized spacial score (nSPS) is 13.8. The van der Waals surface area contributed by atoms with Gasteiger partial charge in [0.05, 0.1) is 65.0 Å². The zero-order valence-corrected chi connectivity index (χ0v) is 38.9. The SMILES string of the molecule is CCOC(=O)c1c(C)[nH]c2c1CC/C(=C\N(C)C)C2=O.CCOC(=O)c1c(C)[nH]c2c1CCc1cnc(N(C)C)nc1-2.CCOC(=O)c1c(C)[nH]c2c1CCc1cnc(SC)nc1-2. The zero-order valence-electron chi connectivity index (χ0n) is 38.0. The number of ether oxygens (including phenoxy) is 3. The van der Waals surface area contributed by atoms with Gasteiger partial charge in [-0.25, -0.2) is 34.3 Å². The van der Waals surface area contributed by atoms with Crippen LogP contribution in [-0.2, 0) is 46.3 Å². The standard InChI is InChI=1S/C16H20N4O2.C15H17N3O2S.C15H20N2O3/c1-5-22-15(21)12-9(2)18-14-11(12)7-6-10-8-17-16(20(3)4)19-13(10)14;1-4-20-14(19)11-8(2)17-13-10(11)6-5-9-7-16-15(21-3)18-12(9)13;1-5-20-15(19)12-9(2)16-13-11(12)7-6-10(14(13)18)8-17(3)4/h8,18H,5-7H2,1-4H3;7,17H,4-6H2,1-3H3;8,16H,5-7H2,1-4H3/b;;10-8+. The maximum atomic E-state index is 12.4. The number of esters is 3. The predicted molar refractivity (Wildman–Crippen MR) is 242 cm³/mol. The zero-order chi connectivity index (χ0) is 45.7. The van der Waals surface area contributed by atoms with Gasteiger partial charge in [0.1, 0.15) is 0 Å². The van der Waals surface area contributed by atoms with Crippen molar-refractivity contribution in [1.82, 2.24) is 39.8 Å². The lowest BCUT2D eigenvalue weighted by Crippen LogP contribution is -2.18. The van der Waals surface area contributed by atoms with Crippen molar-refractivity contribution >= 4 is 41.4 Å². The molecule has 0 fully saturated rings. The van der Waals surface area contributed by atoms with Crippen LogP contribution in [0.3, 0.4) is 0 Å². The van der Waals surface area contributed by atoms with Gasteiger partial charge < -0.3 is 39.0 Å². The maximum absolute atomic E-state index is 12.4. The molecule has 63 heavy (non-hydrogen) atoms. The molecule has 334 valence electrons. The summed E-state index contributed by atoms with van der Waals surface area (Å²) in [5.74, 6) is -0.233. The van der Waals surface area contributed by atoms with E-state index in [0.29, 0.717) is 66.7 Å². The molecule has 0 bridgehead atoms. The Morgan fingerprint density at radius 2 is 1.08 bits per heavy atom. The molecule has 5 heterocycles. The highest BCUT2D eigenvalue weighted by molar-refractivity contribution is 7.98. The van der Waals surface area contributed by atoms with E-state index in [1.165, 1.54) is 11.8 Å². The van der Waals surface area contributed by atoms with Crippen LogP contribution in [0.25, 0.3) is 22.8 Å². The van der Waals surface area contributed by atoms with E-state index in [4.69, 9.17) is 14.2 Å². The Bertz CT molecular complexity index is 2580. The summed E-state index contributed by atoms with van der Waals surface area (Å²) in [6, 6.07) is 0. The minimum atomic E-state index is -0.352. The number of rotatable bonds is 9. The predicted octanol–water partition coefficient (Wildman–Crippen LogP) is 6.97. The van der Waals surface area contributed by atoms with Gasteiger partial charge in [0.15, 0.2) is 5.16 Å². The number of carbonyl (C=O) groups excluding carboxylic acids is 4. The van der Waals surface area contributed by atoms with Gasteiger partial charge in [0.25, 0.3) is 0 Å². The van der Waals surface area contributed by atoms with Crippen LogP contribution < -0.4 is 4.90 Å². The van der Waals surface area contributed by atoms with Crippen molar-refractivity contribution in [3.05, 3.63) is 91.5 Å². The van der Waals surface area contributed by atoms with E-state index in [0.717, 1.165) is 98.4 Å². The number of ketones is 1. The summed E-state index contributed by atoms with van der Waals surface area (Å²) in [5.41, 5.74) is 14.2. The van der Waals surface area contributed by atoms with Crippen LogP contribution in [0.15, 0.2) is 29.3 Å². The Labute approximate surface area is 372 Å². The summed E-state index contributed by atoms with van der Waals surface area (Å²) in [6.07, 6.45) is 12.2. The Morgan fingerprint density at radius 1 is 0.651 bits per heavy atom. The third-order valence-electron chi connectivity index (χ3n) is 10.9. The van der Waals surface area contributed by atoms with E-state index >= 15 is 0 Å². The van der Waals surface area contributed by atoms with Crippen LogP contribution in [0.5, 0.6) is 0 Å². The van der Waals surface area contributed by atoms with Crippen LogP contribution in [0.2, 0.25) is 0 Å². The monoisotopic (exact) mass is 879 g/mol. The van der Waals surface area contributed by atoms with Crippen LogP contribution in [0.1, 0.15) is 114 Å². The van der Waals surface area contributed by atoms with Gasteiger partial charge in [0, 0.05) is 69.4 Å². The lowest BCUT2D eigenvalue weighted by Gasteiger charge is -2.18. The Morgan fingerprint density at radius 3 is 1.52 bits per heavy atom. The van der Waals surface area contributed by atoms with Gasteiger partial charge in [0.2, 0.25) is 11.7 Å². The minimum Gasteiger partial charge on any atom is -0.462 e. The van der Waals surface area contributed by atoms with Crippen LogP contribution in [0, 0.1) is 20.8 Å². The number of hydrogen-bond acceptors (Lipinski definition) is 14. The number of aryl methyl sites for hydroxylation is 5. The number of fused-ring (bicyclic) bond motifs is 7. The molecule has 0 spiro atoms. The van der Waals surface area contributed by atoms with Crippen LogP contribution in [-0.4, -0.2) is 118 Å². The number of thioether (sulfide) groups is 1. The molecule has 0 aromatic carbocycles. The number of aromatic nitrogens is 7. The summed E-state index contributed by atoms with van der Waals surface area (Å²) < 4.78 is 15.4. The molecule has 0 atom stereocenters. The van der Waals surface area contributed by atoms with E-state index in [1.807, 2.05) is 90.5 Å². The molecule has 3 N–H and O–H groups in total. The minimum absolute atomic E-state index is 0.0291. The summed E-state index contributed by atoms with van der Waals surface area (Å²) in [7, 11) is 7.60. The average Bonchev–Trinajstić information content (AvgIpc) is 3.91. The van der Waals surface area contributed by atoms with E-state index < -0.39 is 0 Å². The molecule has 5 aromatic rings. The summed E-state index contributed by atoms with van der Waals surface area (Å²) in [4.78, 5) is 80.1. The number of allylic oxidation sites excluding steroid dienone is 1. The molecule has 17 heteroatoms. The van der Waals surface area contributed by atoms with Crippen molar-refractivity contribution in [2.75, 3.05) is 59.2 Å². The molecule has 0 radical (unpaired) electrons. The highest BCUT2D eigenvalue weighted by atomic mass is 32.2. The number of hydrogen-bond donors (Lipinski definition) is 3. The molecule has 0 saturated carbocycles. The summed E-state index contributed by atoms with van der Waals surface area (Å²) in [6.45, 7) is 12.1. The number of anilines is 1. The van der Waals surface area contributed by atoms with E-state index in [1.54, 1.807) is 13.8 Å². The molecule has 5 aromatic heterocycles. The van der Waals surface area contributed by atoms with Gasteiger partial charge in [-0.3, -0.25) is 4.79 Å². The molecule has 3 aliphatic rings. The first-order valence-corrected chi connectivity index (χ1v) is 22.4. The second-order valence-electron chi connectivity index (χ2n) is 15.7. The first kappa shape index (κ1) is 46.3. The molecule has 0 saturated heterocycles. The van der Waals surface area contributed by atoms with E-state index in [-0.39, 0.29) is 23.7 Å². The van der Waals surface area contributed by atoms with Crippen molar-refractivity contribution in [1.29, 1.82) is 0 Å². The van der Waals surface area contributed by atoms with Gasteiger partial charge in [-0.15, -0.1) is 0 Å². The molecular formula is C46H57N9O7S. The third kappa shape index (κ3) is 9.57. The first-order chi connectivity index (χ1) is 30.1. The Hall–Kier alpha value is -6.23.